The SMILES string of the molecule is Cc1cc(CCC(=O)NCCCN)c(O)c(C(C)(C)C)c1. The number of carbonyl (C=O) groups excluding carboxylic acids is 1. The van der Waals surface area contributed by atoms with Gasteiger partial charge < -0.3 is 16.2 Å². The summed E-state index contributed by atoms with van der Waals surface area (Å²) in [4.78, 5) is 11.7. The van der Waals surface area contributed by atoms with Crippen LogP contribution in [0.2, 0.25) is 0 Å². The number of aryl methyl sites for hydroxylation is 2. The largest absolute Gasteiger partial charge is 0.507 e. The minimum absolute atomic E-state index is 0.00154. The van der Waals surface area contributed by atoms with Gasteiger partial charge in [0, 0.05) is 13.0 Å². The summed E-state index contributed by atoms with van der Waals surface area (Å²) in [5, 5.41) is 13.3. The highest BCUT2D eigenvalue weighted by atomic mass is 16.3. The molecule has 0 radical (unpaired) electrons. The number of nitrogens with one attached hydrogen (secondary N) is 1. The van der Waals surface area contributed by atoms with Crippen molar-refractivity contribution in [3.8, 4) is 5.75 Å². The van der Waals surface area contributed by atoms with E-state index < -0.39 is 0 Å². The van der Waals surface area contributed by atoms with E-state index in [1.807, 2.05) is 19.1 Å². The maximum Gasteiger partial charge on any atom is 0.220 e. The molecule has 0 bridgehead atoms. The van der Waals surface area contributed by atoms with Gasteiger partial charge in [-0.3, -0.25) is 4.79 Å². The molecular formula is C17H28N2O2. The fraction of sp³-hybridized carbons (Fsp3) is 0.588. The Bertz CT molecular complexity index is 490. The van der Waals surface area contributed by atoms with E-state index in [9.17, 15) is 9.90 Å². The number of benzene rings is 1. The number of hydrogen-bond donors (Lipinski definition) is 3. The van der Waals surface area contributed by atoms with Crippen molar-refractivity contribution in [2.75, 3.05) is 13.1 Å². The minimum Gasteiger partial charge on any atom is -0.507 e. The van der Waals surface area contributed by atoms with Crippen LogP contribution < -0.4 is 11.1 Å². The average molecular weight is 292 g/mol. The zero-order chi connectivity index (χ0) is 16.0. The fourth-order valence-electron chi connectivity index (χ4n) is 2.28. The summed E-state index contributed by atoms with van der Waals surface area (Å²) >= 11 is 0. The molecule has 0 atom stereocenters. The van der Waals surface area contributed by atoms with Gasteiger partial charge in [-0.15, -0.1) is 0 Å². The highest BCUT2D eigenvalue weighted by Gasteiger charge is 2.20. The monoisotopic (exact) mass is 292 g/mol. The molecule has 0 saturated carbocycles. The first kappa shape index (κ1) is 17.5. The van der Waals surface area contributed by atoms with E-state index in [2.05, 4.69) is 26.1 Å². The van der Waals surface area contributed by atoms with E-state index in [-0.39, 0.29) is 11.3 Å². The van der Waals surface area contributed by atoms with E-state index >= 15 is 0 Å². The van der Waals surface area contributed by atoms with Crippen LogP contribution in [-0.4, -0.2) is 24.1 Å². The van der Waals surface area contributed by atoms with Crippen LogP contribution in [0.4, 0.5) is 0 Å². The van der Waals surface area contributed by atoms with Crippen molar-refractivity contribution in [1.29, 1.82) is 0 Å². The van der Waals surface area contributed by atoms with Gasteiger partial charge in [-0.1, -0.05) is 38.5 Å². The molecule has 4 heteroatoms. The molecular weight excluding hydrogens is 264 g/mol. The van der Waals surface area contributed by atoms with Crippen molar-refractivity contribution in [1.82, 2.24) is 5.32 Å². The Morgan fingerprint density at radius 2 is 2.00 bits per heavy atom. The smallest absolute Gasteiger partial charge is 0.220 e. The zero-order valence-corrected chi connectivity index (χ0v) is 13.6. The van der Waals surface area contributed by atoms with E-state index in [1.165, 1.54) is 0 Å². The van der Waals surface area contributed by atoms with Gasteiger partial charge in [-0.2, -0.15) is 0 Å². The van der Waals surface area contributed by atoms with E-state index in [4.69, 9.17) is 5.73 Å². The van der Waals surface area contributed by atoms with Gasteiger partial charge in [0.1, 0.15) is 5.75 Å². The lowest BCUT2D eigenvalue weighted by atomic mass is 9.83. The average Bonchev–Trinajstić information content (AvgIpc) is 2.38. The Morgan fingerprint density at radius 3 is 2.57 bits per heavy atom. The summed E-state index contributed by atoms with van der Waals surface area (Å²) in [6.45, 7) is 9.43. The molecule has 4 N–H and O–H groups in total. The fourth-order valence-corrected chi connectivity index (χ4v) is 2.28. The first-order valence-electron chi connectivity index (χ1n) is 7.55. The van der Waals surface area contributed by atoms with Crippen LogP contribution in [0.3, 0.4) is 0 Å². The molecule has 1 rings (SSSR count). The topological polar surface area (TPSA) is 75.4 Å². The lowest BCUT2D eigenvalue weighted by molar-refractivity contribution is -0.121. The van der Waals surface area contributed by atoms with Gasteiger partial charge >= 0.3 is 0 Å². The number of phenolic OH excluding ortho intramolecular Hbond substituents is 1. The molecule has 1 aromatic carbocycles. The van der Waals surface area contributed by atoms with Crippen LogP contribution in [0.5, 0.6) is 5.75 Å². The van der Waals surface area contributed by atoms with Crippen molar-refractivity contribution in [3.05, 3.63) is 28.8 Å². The van der Waals surface area contributed by atoms with Crippen LogP contribution >= 0.6 is 0 Å². The summed E-state index contributed by atoms with van der Waals surface area (Å²) < 4.78 is 0. The van der Waals surface area contributed by atoms with Gasteiger partial charge in [0.05, 0.1) is 0 Å². The molecule has 0 heterocycles. The van der Waals surface area contributed by atoms with Crippen molar-refractivity contribution >= 4 is 5.91 Å². The number of amides is 1. The van der Waals surface area contributed by atoms with Crippen LogP contribution in [0.1, 0.15) is 50.3 Å². The summed E-state index contributed by atoms with van der Waals surface area (Å²) in [5.41, 5.74) is 8.15. The van der Waals surface area contributed by atoms with Crippen molar-refractivity contribution in [2.24, 2.45) is 5.73 Å². The molecule has 0 saturated heterocycles. The molecule has 0 aromatic heterocycles. The van der Waals surface area contributed by atoms with Gasteiger partial charge in [0.2, 0.25) is 5.91 Å². The number of carbonyl (C=O) groups is 1. The van der Waals surface area contributed by atoms with E-state index in [0.717, 1.165) is 23.1 Å². The quantitative estimate of drug-likeness (QED) is 0.705. The number of rotatable bonds is 6. The molecule has 1 amide bonds. The Labute approximate surface area is 127 Å². The van der Waals surface area contributed by atoms with Gasteiger partial charge in [-0.05, 0) is 42.9 Å². The second-order valence-corrected chi connectivity index (χ2v) is 6.56. The van der Waals surface area contributed by atoms with Crippen LogP contribution in [0.15, 0.2) is 12.1 Å². The highest BCUT2D eigenvalue weighted by molar-refractivity contribution is 5.76. The predicted molar refractivity (Wildman–Crippen MR) is 86.5 cm³/mol. The highest BCUT2D eigenvalue weighted by Crippen LogP contribution is 2.34. The van der Waals surface area contributed by atoms with Crippen LogP contribution in [0.25, 0.3) is 0 Å². The van der Waals surface area contributed by atoms with Gasteiger partial charge in [-0.25, -0.2) is 0 Å². The van der Waals surface area contributed by atoms with Crippen LogP contribution in [-0.2, 0) is 16.6 Å². The molecule has 21 heavy (non-hydrogen) atoms. The Morgan fingerprint density at radius 1 is 1.33 bits per heavy atom. The normalized spacial score (nSPS) is 11.5. The maximum atomic E-state index is 11.7. The Hall–Kier alpha value is -1.55. The maximum absolute atomic E-state index is 11.7. The van der Waals surface area contributed by atoms with E-state index in [0.29, 0.717) is 31.7 Å². The number of phenols is 1. The molecule has 0 aliphatic heterocycles. The summed E-state index contributed by atoms with van der Waals surface area (Å²) in [6, 6.07) is 3.97. The van der Waals surface area contributed by atoms with Gasteiger partial charge in [0.15, 0.2) is 0 Å². The number of hydrogen-bond acceptors (Lipinski definition) is 3. The third-order valence-electron chi connectivity index (χ3n) is 3.47. The minimum atomic E-state index is -0.117. The Balaban J connectivity index is 2.76. The number of nitrogens with two attached hydrogens (primary N) is 1. The second kappa shape index (κ2) is 7.46. The standard InChI is InChI=1S/C17H28N2O2/c1-12-10-13(6-7-15(20)19-9-5-8-18)16(21)14(11-12)17(2,3)4/h10-11,21H,5-9,18H2,1-4H3,(H,19,20). The molecule has 0 unspecified atom stereocenters. The molecule has 0 aliphatic rings. The van der Waals surface area contributed by atoms with E-state index in [1.54, 1.807) is 0 Å². The molecule has 0 spiro atoms. The van der Waals surface area contributed by atoms with Crippen molar-refractivity contribution in [2.45, 2.75) is 52.4 Å². The molecule has 0 fully saturated rings. The third kappa shape index (κ3) is 5.38. The molecule has 118 valence electrons. The summed E-state index contributed by atoms with van der Waals surface area (Å²) in [6.07, 6.45) is 1.71. The third-order valence-corrected chi connectivity index (χ3v) is 3.47. The lowest BCUT2D eigenvalue weighted by Crippen LogP contribution is -2.26. The zero-order valence-electron chi connectivity index (χ0n) is 13.6. The Kier molecular flexibility index (Phi) is 6.21. The first-order valence-corrected chi connectivity index (χ1v) is 7.55. The second-order valence-electron chi connectivity index (χ2n) is 6.56. The molecule has 0 aliphatic carbocycles. The summed E-state index contributed by atoms with van der Waals surface area (Å²) in [5.74, 6) is 0.324. The van der Waals surface area contributed by atoms with Crippen molar-refractivity contribution in [3.63, 3.8) is 0 Å². The predicted octanol–water partition coefficient (Wildman–Crippen LogP) is 2.40. The van der Waals surface area contributed by atoms with Gasteiger partial charge in [0.25, 0.3) is 0 Å². The first-order chi connectivity index (χ1) is 9.75. The molecule has 4 nitrogen and oxygen atoms in total. The molecule has 1 aromatic rings. The number of aromatic hydroxyl groups is 1. The summed E-state index contributed by atoms with van der Waals surface area (Å²) in [7, 11) is 0. The lowest BCUT2D eigenvalue weighted by Gasteiger charge is -2.23. The van der Waals surface area contributed by atoms with Crippen LogP contribution in [0, 0.1) is 6.92 Å². The van der Waals surface area contributed by atoms with Crippen molar-refractivity contribution < 1.29 is 9.90 Å².